The van der Waals surface area contributed by atoms with Crippen molar-refractivity contribution in [3.8, 4) is 0 Å². The van der Waals surface area contributed by atoms with E-state index in [2.05, 4.69) is 12.2 Å². The molecular weight excluding hydrogens is 236 g/mol. The van der Waals surface area contributed by atoms with E-state index in [9.17, 15) is 4.79 Å². The summed E-state index contributed by atoms with van der Waals surface area (Å²) in [6.45, 7) is 0. The number of hydrogen-bond acceptors (Lipinski definition) is 2. The molecule has 2 fully saturated rings. The average Bonchev–Trinajstić information content (AvgIpc) is 2.94. The Hall–Kier alpha value is -0.790. The van der Waals surface area contributed by atoms with Crippen LogP contribution >= 0.6 is 0 Å². The molecule has 3 aliphatic carbocycles. The van der Waals surface area contributed by atoms with Crippen LogP contribution in [0.2, 0.25) is 0 Å². The number of methoxy groups -OCH3 is 1. The highest BCUT2D eigenvalue weighted by Crippen LogP contribution is 2.49. The Morgan fingerprint density at radius 1 is 1.00 bits per heavy atom. The largest absolute Gasteiger partial charge is 0.469 e. The van der Waals surface area contributed by atoms with E-state index in [4.69, 9.17) is 4.74 Å². The minimum Gasteiger partial charge on any atom is -0.469 e. The maximum Gasteiger partial charge on any atom is 0.309 e. The molecule has 106 valence electrons. The minimum absolute atomic E-state index is 0.0526. The lowest BCUT2D eigenvalue weighted by Crippen LogP contribution is -2.39. The fourth-order valence-electron chi connectivity index (χ4n) is 4.82. The summed E-state index contributed by atoms with van der Waals surface area (Å²) in [6, 6.07) is 0. The first-order valence-electron chi connectivity index (χ1n) is 8.07. The normalized spacial score (nSPS) is 39.0. The van der Waals surface area contributed by atoms with Crippen LogP contribution < -0.4 is 0 Å². The Balaban J connectivity index is 1.83. The van der Waals surface area contributed by atoms with Gasteiger partial charge in [0.2, 0.25) is 0 Å². The first-order chi connectivity index (χ1) is 9.31. The highest BCUT2D eigenvalue weighted by molar-refractivity contribution is 5.74. The van der Waals surface area contributed by atoms with Gasteiger partial charge in [0.25, 0.3) is 0 Å². The zero-order chi connectivity index (χ0) is 13.2. The van der Waals surface area contributed by atoms with Gasteiger partial charge in [-0.2, -0.15) is 0 Å². The van der Waals surface area contributed by atoms with Crippen molar-refractivity contribution >= 4 is 5.97 Å². The van der Waals surface area contributed by atoms with Gasteiger partial charge in [-0.05, 0) is 49.4 Å². The molecule has 0 saturated heterocycles. The molecule has 0 heterocycles. The molecule has 0 aromatic carbocycles. The van der Waals surface area contributed by atoms with E-state index in [-0.39, 0.29) is 11.9 Å². The van der Waals surface area contributed by atoms with Crippen molar-refractivity contribution in [2.75, 3.05) is 7.11 Å². The number of carbonyl (C=O) groups is 1. The van der Waals surface area contributed by atoms with Crippen molar-refractivity contribution in [3.05, 3.63) is 12.2 Å². The summed E-state index contributed by atoms with van der Waals surface area (Å²) in [6.07, 6.45) is 15.3. The lowest BCUT2D eigenvalue weighted by molar-refractivity contribution is -0.151. The molecule has 0 aliphatic heterocycles. The van der Waals surface area contributed by atoms with E-state index in [1.807, 2.05) is 0 Å². The standard InChI is InChI=1S/C17H26O2/c1-19-17(18)16-14-9-5-8-13(14)10-11-15(16)12-6-3-2-4-7-12/h10-16H,2-9H2,1H3/t13-,14-,15+,16+/m1/s1. The monoisotopic (exact) mass is 262 g/mol. The molecule has 0 bridgehead atoms. The molecule has 3 aliphatic rings. The number of fused-ring (bicyclic) bond motifs is 1. The lowest BCUT2D eigenvalue weighted by Gasteiger charge is -2.40. The Kier molecular flexibility index (Phi) is 3.95. The molecule has 2 nitrogen and oxygen atoms in total. The minimum atomic E-state index is 0.0526. The van der Waals surface area contributed by atoms with Gasteiger partial charge < -0.3 is 4.74 Å². The maximum absolute atomic E-state index is 12.3. The number of esters is 1. The van der Waals surface area contributed by atoms with Crippen LogP contribution in [-0.4, -0.2) is 13.1 Å². The second-order valence-corrected chi connectivity index (χ2v) is 6.67. The van der Waals surface area contributed by atoms with Gasteiger partial charge >= 0.3 is 5.97 Å². The van der Waals surface area contributed by atoms with Crippen LogP contribution in [-0.2, 0) is 9.53 Å². The van der Waals surface area contributed by atoms with Crippen LogP contribution in [0.1, 0.15) is 51.4 Å². The van der Waals surface area contributed by atoms with Gasteiger partial charge in [-0.15, -0.1) is 0 Å². The van der Waals surface area contributed by atoms with E-state index in [0.717, 1.165) is 5.92 Å². The van der Waals surface area contributed by atoms with Gasteiger partial charge in [0.1, 0.15) is 0 Å². The first-order valence-corrected chi connectivity index (χ1v) is 8.07. The van der Waals surface area contributed by atoms with Gasteiger partial charge in [-0.3, -0.25) is 4.79 Å². The van der Waals surface area contributed by atoms with E-state index in [1.165, 1.54) is 51.4 Å². The third kappa shape index (κ3) is 2.46. The Labute approximate surface area is 116 Å². The van der Waals surface area contributed by atoms with Crippen molar-refractivity contribution in [2.24, 2.45) is 29.6 Å². The summed E-state index contributed by atoms with van der Waals surface area (Å²) in [7, 11) is 1.56. The maximum atomic E-state index is 12.3. The van der Waals surface area contributed by atoms with Crippen LogP contribution in [0, 0.1) is 29.6 Å². The topological polar surface area (TPSA) is 26.3 Å². The molecule has 2 saturated carbocycles. The third-order valence-electron chi connectivity index (χ3n) is 5.75. The number of rotatable bonds is 2. The highest BCUT2D eigenvalue weighted by atomic mass is 16.5. The first kappa shape index (κ1) is 13.2. The second kappa shape index (κ2) is 5.68. The highest BCUT2D eigenvalue weighted by Gasteiger charge is 2.45. The molecular formula is C17H26O2. The predicted octanol–water partition coefficient (Wildman–Crippen LogP) is 3.96. The lowest BCUT2D eigenvalue weighted by atomic mass is 9.65. The Bertz CT molecular complexity index is 354. The summed E-state index contributed by atoms with van der Waals surface area (Å²) < 4.78 is 5.15. The average molecular weight is 262 g/mol. The van der Waals surface area contributed by atoms with Gasteiger partial charge in [-0.25, -0.2) is 0 Å². The van der Waals surface area contributed by atoms with Crippen LogP contribution in [0.3, 0.4) is 0 Å². The Morgan fingerprint density at radius 3 is 2.53 bits per heavy atom. The molecule has 0 radical (unpaired) electrons. The van der Waals surface area contributed by atoms with E-state index in [1.54, 1.807) is 7.11 Å². The third-order valence-corrected chi connectivity index (χ3v) is 5.75. The summed E-state index contributed by atoms with van der Waals surface area (Å²) in [5, 5.41) is 0. The van der Waals surface area contributed by atoms with Gasteiger partial charge in [-0.1, -0.05) is 37.8 Å². The van der Waals surface area contributed by atoms with Gasteiger partial charge in [0.15, 0.2) is 0 Å². The summed E-state index contributed by atoms with van der Waals surface area (Å²) in [4.78, 5) is 12.3. The van der Waals surface area contributed by atoms with E-state index < -0.39 is 0 Å². The fraction of sp³-hybridized carbons (Fsp3) is 0.824. The quantitative estimate of drug-likeness (QED) is 0.556. The second-order valence-electron chi connectivity index (χ2n) is 6.67. The molecule has 0 aromatic rings. The van der Waals surface area contributed by atoms with Crippen molar-refractivity contribution in [1.82, 2.24) is 0 Å². The molecule has 0 aromatic heterocycles. The van der Waals surface area contributed by atoms with Crippen LogP contribution in [0.25, 0.3) is 0 Å². The van der Waals surface area contributed by atoms with Crippen molar-refractivity contribution in [3.63, 3.8) is 0 Å². The van der Waals surface area contributed by atoms with Crippen LogP contribution in [0.4, 0.5) is 0 Å². The molecule has 0 spiro atoms. The van der Waals surface area contributed by atoms with E-state index in [0.29, 0.717) is 17.8 Å². The fourth-order valence-corrected chi connectivity index (χ4v) is 4.82. The molecule has 3 rings (SSSR count). The zero-order valence-corrected chi connectivity index (χ0v) is 12.0. The summed E-state index contributed by atoms with van der Waals surface area (Å²) >= 11 is 0. The van der Waals surface area contributed by atoms with Gasteiger partial charge in [0, 0.05) is 0 Å². The molecule has 0 N–H and O–H groups in total. The summed E-state index contributed by atoms with van der Waals surface area (Å²) in [5.41, 5.74) is 0. The smallest absolute Gasteiger partial charge is 0.309 e. The molecule has 0 amide bonds. The number of allylic oxidation sites excluding steroid dienone is 2. The number of hydrogen-bond donors (Lipinski definition) is 0. The van der Waals surface area contributed by atoms with Crippen LogP contribution in [0.5, 0.6) is 0 Å². The van der Waals surface area contributed by atoms with E-state index >= 15 is 0 Å². The molecule has 0 unspecified atom stereocenters. The van der Waals surface area contributed by atoms with Crippen molar-refractivity contribution in [1.29, 1.82) is 0 Å². The van der Waals surface area contributed by atoms with Gasteiger partial charge in [0.05, 0.1) is 13.0 Å². The number of carbonyl (C=O) groups excluding carboxylic acids is 1. The molecule has 4 atom stereocenters. The predicted molar refractivity (Wildman–Crippen MR) is 75.5 cm³/mol. The molecule has 2 heteroatoms. The van der Waals surface area contributed by atoms with Crippen molar-refractivity contribution in [2.45, 2.75) is 51.4 Å². The SMILES string of the molecule is COC(=O)[C@H]1[C@@H]2CCC[C@@H]2C=C[C@H]1C1CCCCC1. The zero-order valence-electron chi connectivity index (χ0n) is 12.0. The van der Waals surface area contributed by atoms with Crippen molar-refractivity contribution < 1.29 is 9.53 Å². The molecule has 19 heavy (non-hydrogen) atoms. The Morgan fingerprint density at radius 2 is 1.79 bits per heavy atom. The van der Waals surface area contributed by atoms with Crippen LogP contribution in [0.15, 0.2) is 12.2 Å². The summed E-state index contributed by atoms with van der Waals surface area (Å²) in [5.74, 6) is 2.57. The number of ether oxygens (including phenoxy) is 1.